The van der Waals surface area contributed by atoms with Crippen LogP contribution < -0.4 is 16.8 Å². The molecular weight excluding hydrogens is 346 g/mol. The molecule has 26 heavy (non-hydrogen) atoms. The summed E-state index contributed by atoms with van der Waals surface area (Å²) in [5.41, 5.74) is 13.8. The Balaban J connectivity index is 0.000000479. The second kappa shape index (κ2) is 13.5. The molecule has 0 spiro atoms. The van der Waals surface area contributed by atoms with Gasteiger partial charge in [-0.3, -0.25) is 15.7 Å². The predicted molar refractivity (Wildman–Crippen MR) is 115 cm³/mol. The summed E-state index contributed by atoms with van der Waals surface area (Å²) >= 11 is 0. The van der Waals surface area contributed by atoms with E-state index in [9.17, 15) is 0 Å². The van der Waals surface area contributed by atoms with E-state index in [1.807, 2.05) is 36.4 Å². The second-order valence-electron chi connectivity index (χ2n) is 5.37. The topological polar surface area (TPSA) is 100 Å². The van der Waals surface area contributed by atoms with Gasteiger partial charge in [0.05, 0.1) is 0 Å². The molecule has 0 aliphatic carbocycles. The van der Waals surface area contributed by atoms with Crippen LogP contribution in [-0.4, -0.2) is 18.5 Å². The van der Waals surface area contributed by atoms with Gasteiger partial charge in [-0.25, -0.2) is 0 Å². The molecule has 2 aromatic carbocycles. The average molecular weight is 374 g/mol. The molecule has 0 aliphatic rings. The molecule has 0 atom stereocenters. The van der Waals surface area contributed by atoms with Gasteiger partial charge >= 0.3 is 0 Å². The number of rotatable bonds is 5. The molecule has 5 nitrogen and oxygen atoms in total. The molecule has 0 radical (unpaired) electrons. The number of hydrogen-bond acceptors (Lipinski definition) is 2. The number of benzene rings is 2. The fraction of sp³-hybridized carbons (Fsp3) is 0.200. The lowest BCUT2D eigenvalue weighted by Crippen LogP contribution is -2.40. The first-order valence-electron chi connectivity index (χ1n) is 8.25. The summed E-state index contributed by atoms with van der Waals surface area (Å²) in [6, 6.07) is 20.5. The summed E-state index contributed by atoms with van der Waals surface area (Å²) < 4.78 is 0. The fourth-order valence-corrected chi connectivity index (χ4v) is 1.98. The van der Waals surface area contributed by atoms with Gasteiger partial charge in [0, 0.05) is 6.54 Å². The second-order valence-corrected chi connectivity index (χ2v) is 5.37. The van der Waals surface area contributed by atoms with Gasteiger partial charge < -0.3 is 11.5 Å². The number of aliphatic imine (C=N–C) groups is 1. The molecule has 2 aromatic rings. The van der Waals surface area contributed by atoms with E-state index < -0.39 is 0 Å². The highest BCUT2D eigenvalue weighted by Crippen LogP contribution is 2.20. The van der Waals surface area contributed by atoms with Gasteiger partial charge in [0.2, 0.25) is 0 Å². The SMILES string of the molecule is C=C(c1ccccc1)c1ccccc1.CCCCN=C(N)NC(=N)N.Cl. The summed E-state index contributed by atoms with van der Waals surface area (Å²) in [5, 5.41) is 9.20. The Hall–Kier alpha value is -2.79. The highest BCUT2D eigenvalue weighted by Gasteiger charge is 1.99. The average Bonchev–Trinajstić information content (AvgIpc) is 2.63. The van der Waals surface area contributed by atoms with E-state index in [1.165, 1.54) is 11.1 Å². The molecule has 140 valence electrons. The van der Waals surface area contributed by atoms with Crippen molar-refractivity contribution < 1.29 is 0 Å². The summed E-state index contributed by atoms with van der Waals surface area (Å²) in [5.74, 6) is 0.0358. The number of nitrogens with one attached hydrogen (secondary N) is 2. The third-order valence-corrected chi connectivity index (χ3v) is 3.30. The fourth-order valence-electron chi connectivity index (χ4n) is 1.98. The number of nitrogens with two attached hydrogens (primary N) is 2. The Labute approximate surface area is 162 Å². The Morgan fingerprint density at radius 1 is 1.00 bits per heavy atom. The molecule has 0 heterocycles. The first kappa shape index (κ1) is 23.2. The maximum absolute atomic E-state index is 6.81. The molecule has 6 heteroatoms. The van der Waals surface area contributed by atoms with Crippen molar-refractivity contribution in [1.29, 1.82) is 5.41 Å². The van der Waals surface area contributed by atoms with Crippen molar-refractivity contribution in [2.45, 2.75) is 19.8 Å². The maximum Gasteiger partial charge on any atom is 0.195 e. The van der Waals surface area contributed by atoms with E-state index in [1.54, 1.807) is 0 Å². The summed E-state index contributed by atoms with van der Waals surface area (Å²) in [7, 11) is 0. The van der Waals surface area contributed by atoms with Crippen LogP contribution in [0.2, 0.25) is 0 Å². The monoisotopic (exact) mass is 373 g/mol. The first-order chi connectivity index (χ1) is 12.0. The van der Waals surface area contributed by atoms with E-state index >= 15 is 0 Å². The van der Waals surface area contributed by atoms with Crippen molar-refractivity contribution in [2.24, 2.45) is 16.5 Å². The van der Waals surface area contributed by atoms with Crippen LogP contribution in [0.3, 0.4) is 0 Å². The van der Waals surface area contributed by atoms with Crippen LogP contribution in [0.15, 0.2) is 72.2 Å². The van der Waals surface area contributed by atoms with Crippen LogP contribution in [0.5, 0.6) is 0 Å². The Morgan fingerprint density at radius 2 is 1.46 bits per heavy atom. The van der Waals surface area contributed by atoms with Crippen molar-refractivity contribution in [3.8, 4) is 0 Å². The summed E-state index contributed by atoms with van der Waals surface area (Å²) in [4.78, 5) is 3.92. The van der Waals surface area contributed by atoms with Crippen LogP contribution >= 0.6 is 12.4 Å². The first-order valence-corrected chi connectivity index (χ1v) is 8.25. The van der Waals surface area contributed by atoms with E-state index in [2.05, 4.69) is 48.1 Å². The van der Waals surface area contributed by atoms with Gasteiger partial charge in [-0.05, 0) is 23.1 Å². The zero-order valence-corrected chi connectivity index (χ0v) is 15.9. The number of hydrogen-bond donors (Lipinski definition) is 4. The largest absolute Gasteiger partial charge is 0.370 e. The van der Waals surface area contributed by atoms with Crippen molar-refractivity contribution in [1.82, 2.24) is 5.32 Å². The summed E-state index contributed by atoms with van der Waals surface area (Å²) in [6.45, 7) is 6.85. The maximum atomic E-state index is 6.81. The lowest BCUT2D eigenvalue weighted by atomic mass is 10.0. The Morgan fingerprint density at radius 3 is 1.85 bits per heavy atom. The zero-order valence-electron chi connectivity index (χ0n) is 15.1. The molecule has 2 rings (SSSR count). The van der Waals surface area contributed by atoms with Crippen LogP contribution in [0.4, 0.5) is 0 Å². The molecule has 0 saturated heterocycles. The third kappa shape index (κ3) is 9.49. The van der Waals surface area contributed by atoms with Gasteiger partial charge in [-0.1, -0.05) is 80.6 Å². The van der Waals surface area contributed by atoms with Gasteiger partial charge in [0.15, 0.2) is 11.9 Å². The summed E-state index contributed by atoms with van der Waals surface area (Å²) in [6.07, 6.45) is 2.08. The normalized spacial score (nSPS) is 9.96. The molecule has 0 amide bonds. The lowest BCUT2D eigenvalue weighted by molar-refractivity contribution is 0.804. The van der Waals surface area contributed by atoms with Crippen LogP contribution in [0, 0.1) is 5.41 Å². The molecule has 0 saturated carbocycles. The minimum absolute atomic E-state index is 0. The van der Waals surface area contributed by atoms with Crippen molar-refractivity contribution in [3.05, 3.63) is 78.4 Å². The smallest absolute Gasteiger partial charge is 0.195 e. The molecule has 0 aliphatic heterocycles. The van der Waals surface area contributed by atoms with Crippen molar-refractivity contribution in [3.63, 3.8) is 0 Å². The van der Waals surface area contributed by atoms with E-state index in [0.717, 1.165) is 18.4 Å². The molecule has 0 aromatic heterocycles. The molecule has 6 N–H and O–H groups in total. The Kier molecular flexibility index (Phi) is 12.0. The van der Waals surface area contributed by atoms with E-state index in [0.29, 0.717) is 6.54 Å². The third-order valence-electron chi connectivity index (χ3n) is 3.30. The van der Waals surface area contributed by atoms with E-state index in [4.69, 9.17) is 16.9 Å². The standard InChI is InChI=1S/C14H12.C6H15N5.ClH/c1-12(13-8-4-2-5-9-13)14-10-6-3-7-11-14;1-2-3-4-10-6(9)11-5(7)8;/h2-11H,1H2;2-4H2,1H3,(H6,7,8,9,10,11);1H. The quantitative estimate of drug-likeness (QED) is 0.364. The lowest BCUT2D eigenvalue weighted by Gasteiger charge is -2.04. The van der Waals surface area contributed by atoms with Crippen LogP contribution in [0.1, 0.15) is 30.9 Å². The van der Waals surface area contributed by atoms with Crippen LogP contribution in [0.25, 0.3) is 5.57 Å². The molecule has 0 unspecified atom stereocenters. The van der Waals surface area contributed by atoms with Crippen LogP contribution in [-0.2, 0) is 0 Å². The minimum atomic E-state index is -0.178. The number of nitrogens with zero attached hydrogens (tertiary/aromatic N) is 1. The van der Waals surface area contributed by atoms with E-state index in [-0.39, 0.29) is 24.3 Å². The highest BCUT2D eigenvalue weighted by atomic mass is 35.5. The van der Waals surface area contributed by atoms with Gasteiger partial charge in [0.1, 0.15) is 0 Å². The zero-order chi connectivity index (χ0) is 18.5. The molecular formula is C20H28ClN5. The van der Waals surface area contributed by atoms with Gasteiger partial charge in [-0.2, -0.15) is 0 Å². The van der Waals surface area contributed by atoms with Crippen molar-refractivity contribution >= 4 is 29.9 Å². The van der Waals surface area contributed by atoms with Gasteiger partial charge in [-0.15, -0.1) is 12.4 Å². The van der Waals surface area contributed by atoms with Gasteiger partial charge in [0.25, 0.3) is 0 Å². The Bertz CT molecular complexity index is 642. The minimum Gasteiger partial charge on any atom is -0.370 e. The molecule has 0 fully saturated rings. The molecule has 0 bridgehead atoms. The number of guanidine groups is 2. The van der Waals surface area contributed by atoms with Crippen molar-refractivity contribution in [2.75, 3.05) is 6.54 Å². The number of unbranched alkanes of at least 4 members (excludes halogenated alkanes) is 1. The predicted octanol–water partition coefficient (Wildman–Crippen LogP) is 3.75. The number of halogens is 1. The highest BCUT2D eigenvalue weighted by molar-refractivity contribution is 5.95.